The van der Waals surface area contributed by atoms with Crippen LogP contribution in [0.25, 0.3) is 0 Å². The third-order valence-corrected chi connectivity index (χ3v) is 1.76. The molecule has 2 nitrogen and oxygen atoms in total. The van der Waals surface area contributed by atoms with Crippen molar-refractivity contribution < 1.29 is 9.47 Å². The van der Waals surface area contributed by atoms with E-state index in [1.807, 2.05) is 72.8 Å². The second kappa shape index (κ2) is 11.0. The fourth-order valence-corrected chi connectivity index (χ4v) is 0.989. The van der Waals surface area contributed by atoms with Crippen LogP contribution in [0.2, 0.25) is 0 Å². The van der Waals surface area contributed by atoms with Gasteiger partial charge in [0.25, 0.3) is 0 Å². The highest BCUT2D eigenvalue weighted by molar-refractivity contribution is 4.99. The van der Waals surface area contributed by atoms with E-state index in [4.69, 9.17) is 0 Å². The first-order chi connectivity index (χ1) is 9.00. The van der Waals surface area contributed by atoms with Gasteiger partial charge in [0.05, 0.1) is 0 Å². The van der Waals surface area contributed by atoms with Crippen LogP contribution in [0.4, 0.5) is 0 Å². The molecular formula is C16H16O2. The fraction of sp³-hybridized carbons (Fsp3) is 0. The molecule has 18 heavy (non-hydrogen) atoms. The number of hydrogen-bond donors (Lipinski definition) is 0. The molecule has 1 aliphatic heterocycles. The lowest BCUT2D eigenvalue weighted by atomic mass is 10.4. The van der Waals surface area contributed by atoms with Gasteiger partial charge in [0.1, 0.15) is 25.0 Å². The smallest absolute Gasteiger partial charge is 0.125 e. The van der Waals surface area contributed by atoms with E-state index in [9.17, 15) is 0 Å². The van der Waals surface area contributed by atoms with Crippen molar-refractivity contribution in [3.05, 3.63) is 97.8 Å². The Balaban J connectivity index is 0.000000135. The van der Waals surface area contributed by atoms with E-state index in [0.29, 0.717) is 0 Å². The summed E-state index contributed by atoms with van der Waals surface area (Å²) in [5.74, 6) is 0. The predicted molar refractivity (Wildman–Crippen MR) is 73.3 cm³/mol. The number of hydrogen-bond acceptors (Lipinski definition) is 2. The highest BCUT2D eigenvalue weighted by atomic mass is 16.5. The van der Waals surface area contributed by atoms with Crippen LogP contribution in [0.5, 0.6) is 0 Å². The van der Waals surface area contributed by atoms with Crippen molar-refractivity contribution in [3.63, 3.8) is 0 Å². The average molecular weight is 240 g/mol. The van der Waals surface area contributed by atoms with Gasteiger partial charge in [-0.1, -0.05) is 72.8 Å². The highest BCUT2D eigenvalue weighted by Gasteiger charge is 1.74. The molecule has 0 fully saturated rings. The van der Waals surface area contributed by atoms with Crippen LogP contribution in [-0.2, 0) is 9.47 Å². The lowest BCUT2D eigenvalue weighted by Gasteiger charge is -1.94. The minimum absolute atomic E-state index is 1.46. The molecule has 0 aliphatic carbocycles. The number of ether oxygens (including phenoxy) is 2. The maximum atomic E-state index is 4.58. The third-order valence-electron chi connectivity index (χ3n) is 1.76. The summed E-state index contributed by atoms with van der Waals surface area (Å²) in [6.07, 6.45) is 5.83. The Labute approximate surface area is 108 Å². The molecule has 92 valence electrons. The lowest BCUT2D eigenvalue weighted by molar-refractivity contribution is 0.290. The Morgan fingerprint density at radius 3 is 0.556 bits per heavy atom. The van der Waals surface area contributed by atoms with Crippen molar-refractivity contribution in [2.45, 2.75) is 0 Å². The van der Waals surface area contributed by atoms with E-state index >= 15 is 0 Å². The summed E-state index contributed by atoms with van der Waals surface area (Å²) in [7, 11) is 0. The average Bonchev–Trinajstić information content (AvgIpc) is 2.54. The van der Waals surface area contributed by atoms with E-state index in [2.05, 4.69) is 9.47 Å². The molecule has 0 N–H and O–H groups in total. The van der Waals surface area contributed by atoms with Crippen LogP contribution in [0, 0.1) is 0 Å². The van der Waals surface area contributed by atoms with Crippen LogP contribution in [0.1, 0.15) is 0 Å². The summed E-state index contributed by atoms with van der Waals surface area (Å²) in [5.41, 5.74) is 0. The van der Waals surface area contributed by atoms with E-state index < -0.39 is 0 Å². The van der Waals surface area contributed by atoms with E-state index in [1.54, 1.807) is 0 Å². The molecule has 0 amide bonds. The summed E-state index contributed by atoms with van der Waals surface area (Å²) in [5, 5.41) is 0. The molecule has 0 spiro atoms. The van der Waals surface area contributed by atoms with Gasteiger partial charge in [-0.25, -0.2) is 0 Å². The molecule has 0 bridgehead atoms. The summed E-state index contributed by atoms with van der Waals surface area (Å²) < 4.78 is 9.17. The molecule has 0 aromatic heterocycles. The standard InChI is InChI=1S/2C6H6.C4H4O2/c2*1-2-4-6-5-3-1;1-2-6-4-3-5-1/h2*1-6H;1-4H. The molecular weight excluding hydrogens is 224 g/mol. The first-order valence-corrected chi connectivity index (χ1v) is 5.61. The predicted octanol–water partition coefficient (Wildman–Crippen LogP) is 4.35. The first-order valence-electron chi connectivity index (χ1n) is 5.61. The largest absolute Gasteiger partial charge is 0.466 e. The second-order valence-corrected chi connectivity index (χ2v) is 3.13. The Morgan fingerprint density at radius 1 is 0.278 bits per heavy atom. The van der Waals surface area contributed by atoms with Crippen molar-refractivity contribution in [1.29, 1.82) is 0 Å². The quantitative estimate of drug-likeness (QED) is 0.681. The summed E-state index contributed by atoms with van der Waals surface area (Å²) in [6.45, 7) is 0. The fourth-order valence-electron chi connectivity index (χ4n) is 0.989. The molecule has 0 unspecified atom stereocenters. The van der Waals surface area contributed by atoms with Gasteiger partial charge in [-0.05, 0) is 0 Å². The monoisotopic (exact) mass is 240 g/mol. The Hall–Kier alpha value is -2.48. The molecule has 2 aromatic rings. The first kappa shape index (κ1) is 13.6. The Kier molecular flexibility index (Phi) is 8.32. The van der Waals surface area contributed by atoms with Gasteiger partial charge in [-0.3, -0.25) is 0 Å². The van der Waals surface area contributed by atoms with Gasteiger partial charge in [-0.15, -0.1) is 0 Å². The molecule has 3 rings (SSSR count). The van der Waals surface area contributed by atoms with Crippen molar-refractivity contribution in [2.75, 3.05) is 0 Å². The summed E-state index contributed by atoms with van der Waals surface area (Å²) in [6, 6.07) is 24.0. The zero-order chi connectivity index (χ0) is 12.7. The maximum absolute atomic E-state index is 4.58. The highest BCUT2D eigenvalue weighted by Crippen LogP contribution is 1.89. The van der Waals surface area contributed by atoms with Gasteiger partial charge < -0.3 is 9.47 Å². The van der Waals surface area contributed by atoms with Crippen molar-refractivity contribution in [1.82, 2.24) is 0 Å². The van der Waals surface area contributed by atoms with Gasteiger partial charge in [0, 0.05) is 0 Å². The summed E-state index contributed by atoms with van der Waals surface area (Å²) >= 11 is 0. The third kappa shape index (κ3) is 8.80. The van der Waals surface area contributed by atoms with Gasteiger partial charge >= 0.3 is 0 Å². The van der Waals surface area contributed by atoms with Crippen molar-refractivity contribution in [3.8, 4) is 0 Å². The van der Waals surface area contributed by atoms with Crippen LogP contribution in [0.15, 0.2) is 97.8 Å². The second-order valence-electron chi connectivity index (χ2n) is 3.13. The topological polar surface area (TPSA) is 18.5 Å². The van der Waals surface area contributed by atoms with Crippen LogP contribution in [-0.4, -0.2) is 0 Å². The minimum Gasteiger partial charge on any atom is -0.466 e. The van der Waals surface area contributed by atoms with E-state index in [0.717, 1.165) is 0 Å². The zero-order valence-electron chi connectivity index (χ0n) is 10.1. The molecule has 0 saturated heterocycles. The van der Waals surface area contributed by atoms with Gasteiger partial charge in [-0.2, -0.15) is 0 Å². The van der Waals surface area contributed by atoms with E-state index in [-0.39, 0.29) is 0 Å². The molecule has 1 heterocycles. The number of rotatable bonds is 0. The SMILES string of the molecule is C1=COC=CO1.c1ccccc1.c1ccccc1. The van der Waals surface area contributed by atoms with Crippen LogP contribution >= 0.6 is 0 Å². The summed E-state index contributed by atoms with van der Waals surface area (Å²) in [4.78, 5) is 0. The minimum atomic E-state index is 1.46. The molecule has 0 radical (unpaired) electrons. The molecule has 1 aliphatic rings. The molecule has 0 saturated carbocycles. The van der Waals surface area contributed by atoms with Crippen molar-refractivity contribution in [2.24, 2.45) is 0 Å². The van der Waals surface area contributed by atoms with Crippen LogP contribution < -0.4 is 0 Å². The number of benzene rings is 2. The Bertz CT molecular complexity index is 316. The van der Waals surface area contributed by atoms with Crippen LogP contribution in [0.3, 0.4) is 0 Å². The zero-order valence-corrected chi connectivity index (χ0v) is 10.1. The molecule has 2 aromatic carbocycles. The van der Waals surface area contributed by atoms with Crippen molar-refractivity contribution >= 4 is 0 Å². The van der Waals surface area contributed by atoms with Gasteiger partial charge in [0.15, 0.2) is 0 Å². The molecule has 2 heteroatoms. The normalized spacial score (nSPS) is 10.7. The van der Waals surface area contributed by atoms with E-state index in [1.165, 1.54) is 25.0 Å². The lowest BCUT2D eigenvalue weighted by Crippen LogP contribution is -1.74. The maximum Gasteiger partial charge on any atom is 0.125 e. The Morgan fingerprint density at radius 2 is 0.444 bits per heavy atom. The van der Waals surface area contributed by atoms with Gasteiger partial charge in [0.2, 0.25) is 0 Å². The molecule has 0 atom stereocenters.